The quantitative estimate of drug-likeness (QED) is 0.131. The molecule has 0 bridgehead atoms. The maximum absolute atomic E-state index is 11.8. The Bertz CT molecular complexity index is 500. The average Bonchev–Trinajstić information content (AvgIpc) is 2.73. The number of esters is 2. The van der Waals surface area contributed by atoms with Crippen molar-refractivity contribution in [2.24, 2.45) is 5.92 Å². The van der Waals surface area contributed by atoms with E-state index in [1.54, 1.807) is 0 Å². The molecule has 1 atom stereocenters. The van der Waals surface area contributed by atoms with E-state index in [1.165, 1.54) is 25.7 Å². The summed E-state index contributed by atoms with van der Waals surface area (Å²) in [4.78, 5) is 25.5. The highest BCUT2D eigenvalue weighted by Crippen LogP contribution is 2.09. The number of unbranched alkanes of at least 4 members (excludes halogenated alkanes) is 6. The number of ether oxygens (including phenoxy) is 2. The molecule has 0 saturated heterocycles. The normalized spacial score (nSPS) is 12.7. The van der Waals surface area contributed by atoms with Crippen molar-refractivity contribution in [3.05, 3.63) is 24.3 Å². The number of hydrogen-bond acceptors (Lipinski definition) is 5. The van der Waals surface area contributed by atoms with E-state index in [9.17, 15) is 9.59 Å². The molecule has 0 radical (unpaired) electrons. The Morgan fingerprint density at radius 1 is 0.774 bits per heavy atom. The highest BCUT2D eigenvalue weighted by molar-refractivity contribution is 5.69. The van der Waals surface area contributed by atoms with Gasteiger partial charge in [-0.15, -0.1) is 0 Å². The molecule has 0 aliphatic heterocycles. The Morgan fingerprint density at radius 2 is 1.32 bits per heavy atom. The van der Waals surface area contributed by atoms with Gasteiger partial charge in [-0.25, -0.2) is 0 Å². The van der Waals surface area contributed by atoms with Gasteiger partial charge in [0.25, 0.3) is 0 Å². The first-order chi connectivity index (χ1) is 15.0. The summed E-state index contributed by atoms with van der Waals surface area (Å²) in [6.45, 7) is 5.61. The molecule has 0 aromatic rings. The van der Waals surface area contributed by atoms with Crippen LogP contribution in [0.3, 0.4) is 0 Å². The van der Waals surface area contributed by atoms with Crippen LogP contribution in [0.15, 0.2) is 24.3 Å². The van der Waals surface area contributed by atoms with Crippen molar-refractivity contribution in [1.82, 2.24) is 4.90 Å². The van der Waals surface area contributed by atoms with Crippen molar-refractivity contribution in [2.45, 2.75) is 90.9 Å². The van der Waals surface area contributed by atoms with Gasteiger partial charge in [-0.1, -0.05) is 63.8 Å². The highest BCUT2D eigenvalue weighted by atomic mass is 16.5. The van der Waals surface area contributed by atoms with Crippen LogP contribution in [0.5, 0.6) is 0 Å². The third-order valence-electron chi connectivity index (χ3n) is 4.86. The van der Waals surface area contributed by atoms with Crippen LogP contribution < -0.4 is 0 Å². The van der Waals surface area contributed by atoms with Crippen molar-refractivity contribution in [2.75, 3.05) is 33.9 Å². The molecule has 0 spiro atoms. The summed E-state index contributed by atoms with van der Waals surface area (Å²) in [5.74, 6) is -0.306. The number of carbonyl (C=O) groups excluding carboxylic acids is 2. The molecule has 1 unspecified atom stereocenters. The Balaban J connectivity index is 3.51. The molecule has 0 aliphatic carbocycles. The first-order valence-electron chi connectivity index (χ1n) is 12.2. The summed E-state index contributed by atoms with van der Waals surface area (Å²) in [6, 6.07) is 0. The predicted molar refractivity (Wildman–Crippen MR) is 129 cm³/mol. The summed E-state index contributed by atoms with van der Waals surface area (Å²) in [7, 11) is 3.96. The molecular formula is C26H47NO4. The van der Waals surface area contributed by atoms with Gasteiger partial charge < -0.3 is 14.4 Å². The molecule has 0 aliphatic rings. The molecule has 5 heteroatoms. The average molecular weight is 438 g/mol. The molecule has 0 N–H and O–H groups in total. The molecule has 0 amide bonds. The van der Waals surface area contributed by atoms with Gasteiger partial charge in [-0.05, 0) is 59.2 Å². The lowest BCUT2D eigenvalue weighted by Gasteiger charge is -2.13. The van der Waals surface area contributed by atoms with Gasteiger partial charge in [0, 0.05) is 18.8 Å². The largest absolute Gasteiger partial charge is 0.465 e. The second-order valence-electron chi connectivity index (χ2n) is 8.65. The summed E-state index contributed by atoms with van der Waals surface area (Å²) < 4.78 is 10.5. The van der Waals surface area contributed by atoms with Crippen molar-refractivity contribution in [1.29, 1.82) is 0 Å². The van der Waals surface area contributed by atoms with Crippen LogP contribution in [0.4, 0.5) is 0 Å². The SMILES string of the molecule is CCC/C=C\C/C=C\CCCCCCCC(=O)OCC(C)COC(=O)CCCN(C)C. The Labute approximate surface area is 191 Å². The smallest absolute Gasteiger partial charge is 0.305 e. The molecule has 180 valence electrons. The van der Waals surface area contributed by atoms with Gasteiger partial charge in [-0.3, -0.25) is 9.59 Å². The lowest BCUT2D eigenvalue weighted by atomic mass is 10.1. The topological polar surface area (TPSA) is 55.8 Å². The summed E-state index contributed by atoms with van der Waals surface area (Å²) >= 11 is 0. The van der Waals surface area contributed by atoms with Crippen LogP contribution in [0.1, 0.15) is 90.9 Å². The van der Waals surface area contributed by atoms with Crippen molar-refractivity contribution < 1.29 is 19.1 Å². The van der Waals surface area contributed by atoms with Crippen LogP contribution in [0.25, 0.3) is 0 Å². The number of carbonyl (C=O) groups is 2. The first kappa shape index (κ1) is 29.4. The van der Waals surface area contributed by atoms with E-state index >= 15 is 0 Å². The minimum Gasteiger partial charge on any atom is -0.465 e. The lowest BCUT2D eigenvalue weighted by molar-refractivity contribution is -0.148. The molecule has 0 fully saturated rings. The van der Waals surface area contributed by atoms with Crippen molar-refractivity contribution >= 4 is 11.9 Å². The second kappa shape index (κ2) is 21.6. The van der Waals surface area contributed by atoms with Gasteiger partial charge in [0.15, 0.2) is 0 Å². The Kier molecular flexibility index (Phi) is 20.5. The summed E-state index contributed by atoms with van der Waals surface area (Å²) in [6.07, 6.45) is 20.8. The summed E-state index contributed by atoms with van der Waals surface area (Å²) in [5, 5.41) is 0. The van der Waals surface area contributed by atoms with E-state index in [4.69, 9.17) is 9.47 Å². The number of allylic oxidation sites excluding steroid dienone is 4. The van der Waals surface area contributed by atoms with E-state index in [0.717, 1.165) is 45.1 Å². The van der Waals surface area contributed by atoms with E-state index < -0.39 is 0 Å². The van der Waals surface area contributed by atoms with Crippen molar-refractivity contribution in [3.8, 4) is 0 Å². The molecule has 0 aromatic heterocycles. The number of nitrogens with zero attached hydrogens (tertiary/aromatic N) is 1. The van der Waals surface area contributed by atoms with E-state index in [1.807, 2.05) is 25.9 Å². The first-order valence-corrected chi connectivity index (χ1v) is 12.2. The zero-order chi connectivity index (χ0) is 23.2. The highest BCUT2D eigenvalue weighted by Gasteiger charge is 2.10. The molecule has 0 saturated carbocycles. The van der Waals surface area contributed by atoms with Crippen LogP contribution in [0, 0.1) is 5.92 Å². The fourth-order valence-corrected chi connectivity index (χ4v) is 2.94. The molecular weight excluding hydrogens is 390 g/mol. The summed E-state index contributed by atoms with van der Waals surface area (Å²) in [5.41, 5.74) is 0. The van der Waals surface area contributed by atoms with Gasteiger partial charge in [0.05, 0.1) is 13.2 Å². The van der Waals surface area contributed by atoms with Crippen molar-refractivity contribution in [3.63, 3.8) is 0 Å². The number of rotatable bonds is 20. The molecule has 0 aromatic carbocycles. The Morgan fingerprint density at radius 3 is 1.94 bits per heavy atom. The van der Waals surface area contributed by atoms with Gasteiger partial charge in [0.2, 0.25) is 0 Å². The van der Waals surface area contributed by atoms with E-state index in [-0.39, 0.29) is 17.9 Å². The standard InChI is InChI=1S/C26H47NO4/c1-5-6-7-8-9-10-11-12-13-14-15-16-17-19-25(28)30-22-24(2)23-31-26(29)20-18-21-27(3)4/h7-8,10-11,24H,5-6,9,12-23H2,1-4H3/b8-7-,11-10-. The number of hydrogen-bond donors (Lipinski definition) is 0. The second-order valence-corrected chi connectivity index (χ2v) is 8.65. The minimum atomic E-state index is -0.181. The minimum absolute atomic E-state index is 0.0249. The van der Waals surface area contributed by atoms with E-state index in [0.29, 0.717) is 26.1 Å². The predicted octanol–water partition coefficient (Wildman–Crippen LogP) is 6.08. The zero-order valence-electron chi connectivity index (χ0n) is 20.6. The van der Waals surface area contributed by atoms with Crippen LogP contribution in [0.2, 0.25) is 0 Å². The molecule has 0 rings (SSSR count). The fourth-order valence-electron chi connectivity index (χ4n) is 2.94. The third kappa shape index (κ3) is 22.9. The lowest BCUT2D eigenvalue weighted by Crippen LogP contribution is -2.19. The van der Waals surface area contributed by atoms with E-state index in [2.05, 4.69) is 31.2 Å². The Hall–Kier alpha value is -1.62. The molecule has 0 heterocycles. The zero-order valence-corrected chi connectivity index (χ0v) is 20.6. The maximum atomic E-state index is 11.8. The van der Waals surface area contributed by atoms with Gasteiger partial charge >= 0.3 is 11.9 Å². The maximum Gasteiger partial charge on any atom is 0.305 e. The van der Waals surface area contributed by atoms with Gasteiger partial charge in [0.1, 0.15) is 0 Å². The third-order valence-corrected chi connectivity index (χ3v) is 4.86. The van der Waals surface area contributed by atoms with Crippen LogP contribution in [-0.4, -0.2) is 50.7 Å². The van der Waals surface area contributed by atoms with Gasteiger partial charge in [-0.2, -0.15) is 0 Å². The van der Waals surface area contributed by atoms with Crippen LogP contribution in [-0.2, 0) is 19.1 Å². The van der Waals surface area contributed by atoms with Crippen LogP contribution >= 0.6 is 0 Å². The molecule has 5 nitrogen and oxygen atoms in total. The fraction of sp³-hybridized carbons (Fsp3) is 0.769. The molecule has 31 heavy (non-hydrogen) atoms. The monoisotopic (exact) mass is 437 g/mol.